The Morgan fingerprint density at radius 1 is 1.06 bits per heavy atom. The van der Waals surface area contributed by atoms with Crippen molar-refractivity contribution in [1.29, 1.82) is 0 Å². The van der Waals surface area contributed by atoms with Gasteiger partial charge in [0.2, 0.25) is 11.7 Å². The van der Waals surface area contributed by atoms with Crippen LogP contribution in [-0.2, 0) is 27.0 Å². The maximum Gasteiger partial charge on any atom is 0.471 e. The number of amides is 1. The number of halogens is 3. The third-order valence-corrected chi connectivity index (χ3v) is 5.54. The van der Waals surface area contributed by atoms with Crippen LogP contribution < -0.4 is 0 Å². The van der Waals surface area contributed by atoms with E-state index in [1.54, 1.807) is 29.2 Å². The highest BCUT2D eigenvalue weighted by atomic mass is 19.4. The number of benzene rings is 1. The minimum atomic E-state index is -4.70. The van der Waals surface area contributed by atoms with E-state index in [0.717, 1.165) is 31.2 Å². The number of esters is 1. The van der Waals surface area contributed by atoms with Gasteiger partial charge in [-0.15, -0.1) is 0 Å². The summed E-state index contributed by atoms with van der Waals surface area (Å²) >= 11 is 0. The second-order valence-corrected chi connectivity index (χ2v) is 8.45. The van der Waals surface area contributed by atoms with E-state index in [2.05, 4.69) is 14.7 Å². The second kappa shape index (κ2) is 9.30. The van der Waals surface area contributed by atoms with Crippen molar-refractivity contribution in [2.24, 2.45) is 11.8 Å². The third-order valence-electron chi connectivity index (χ3n) is 5.54. The first kappa shape index (κ1) is 22.3. The number of alkyl halides is 3. The van der Waals surface area contributed by atoms with Crippen LogP contribution in [0.5, 0.6) is 0 Å². The van der Waals surface area contributed by atoms with Crippen molar-refractivity contribution in [3.8, 4) is 11.4 Å². The Hall–Kier alpha value is -2.91. The van der Waals surface area contributed by atoms with Crippen molar-refractivity contribution in [3.05, 3.63) is 35.7 Å². The molecule has 0 radical (unpaired) electrons. The predicted molar refractivity (Wildman–Crippen MR) is 106 cm³/mol. The summed E-state index contributed by atoms with van der Waals surface area (Å²) in [4.78, 5) is 29.5. The third kappa shape index (κ3) is 6.30. The molecule has 4 rings (SSSR count). The molecule has 172 valence electrons. The Balaban J connectivity index is 1.36. The SMILES string of the molecule is O=C(CC1CC1)OCCN(Cc1ccc(-c2noc(C(F)(F)F)n2)cc1)C(=O)CC1CC1. The molecule has 0 spiro atoms. The topological polar surface area (TPSA) is 85.5 Å². The standard InChI is InChI=1S/C22H24F3N3O4/c23-22(24,25)21-26-20(27-32-21)17-7-5-16(6-8-17)13-28(18(29)11-14-1-2-14)9-10-31-19(30)12-15-3-4-15/h5-8,14-15H,1-4,9-13H2. The summed E-state index contributed by atoms with van der Waals surface area (Å²) in [5.41, 5.74) is 1.17. The molecule has 1 heterocycles. The fourth-order valence-corrected chi connectivity index (χ4v) is 3.31. The molecule has 1 aromatic carbocycles. The molecule has 32 heavy (non-hydrogen) atoms. The van der Waals surface area contributed by atoms with E-state index in [-0.39, 0.29) is 24.3 Å². The summed E-state index contributed by atoms with van der Waals surface area (Å²) in [7, 11) is 0. The summed E-state index contributed by atoms with van der Waals surface area (Å²) in [6.07, 6.45) is 0.442. The summed E-state index contributed by atoms with van der Waals surface area (Å²) < 4.78 is 47.5. The first-order valence-corrected chi connectivity index (χ1v) is 10.7. The Bertz CT molecular complexity index is 950. The van der Waals surface area contributed by atoms with Crippen LogP contribution in [0.2, 0.25) is 0 Å². The van der Waals surface area contributed by atoms with Crippen molar-refractivity contribution in [2.45, 2.75) is 51.2 Å². The van der Waals surface area contributed by atoms with E-state index < -0.39 is 12.1 Å². The van der Waals surface area contributed by atoms with Gasteiger partial charge >= 0.3 is 18.0 Å². The molecule has 2 fully saturated rings. The lowest BCUT2D eigenvalue weighted by atomic mass is 10.1. The van der Waals surface area contributed by atoms with Gasteiger partial charge in [-0.1, -0.05) is 29.4 Å². The van der Waals surface area contributed by atoms with Crippen molar-refractivity contribution in [1.82, 2.24) is 15.0 Å². The Labute approximate surface area is 182 Å². The highest BCUT2D eigenvalue weighted by Gasteiger charge is 2.38. The molecule has 7 nitrogen and oxygen atoms in total. The first-order chi connectivity index (χ1) is 15.3. The second-order valence-electron chi connectivity index (χ2n) is 8.45. The van der Waals surface area contributed by atoms with Crippen LogP contribution in [0.25, 0.3) is 11.4 Å². The molecule has 10 heteroatoms. The van der Waals surface area contributed by atoms with Crippen molar-refractivity contribution in [2.75, 3.05) is 13.2 Å². The molecule has 1 aromatic heterocycles. The van der Waals surface area contributed by atoms with Crippen molar-refractivity contribution in [3.63, 3.8) is 0 Å². The van der Waals surface area contributed by atoms with E-state index in [0.29, 0.717) is 43.3 Å². The molecule has 2 aromatic rings. The number of rotatable bonds is 10. The number of aromatic nitrogens is 2. The molecule has 0 atom stereocenters. The van der Waals surface area contributed by atoms with E-state index >= 15 is 0 Å². The molecular weight excluding hydrogens is 427 g/mol. The molecule has 2 saturated carbocycles. The highest BCUT2D eigenvalue weighted by molar-refractivity contribution is 5.77. The number of nitrogens with zero attached hydrogens (tertiary/aromatic N) is 3. The fraction of sp³-hybridized carbons (Fsp3) is 0.545. The van der Waals surface area contributed by atoms with Crippen LogP contribution >= 0.6 is 0 Å². The predicted octanol–water partition coefficient (Wildman–Crippen LogP) is 4.23. The van der Waals surface area contributed by atoms with Gasteiger partial charge in [-0.3, -0.25) is 9.59 Å². The molecule has 2 aliphatic rings. The van der Waals surface area contributed by atoms with E-state index in [1.807, 2.05) is 0 Å². The number of hydrogen-bond donors (Lipinski definition) is 0. The fourth-order valence-electron chi connectivity index (χ4n) is 3.31. The number of ether oxygens (including phenoxy) is 1. The van der Waals surface area contributed by atoms with Crippen molar-refractivity contribution < 1.29 is 32.0 Å². The van der Waals surface area contributed by atoms with Gasteiger partial charge in [0.15, 0.2) is 0 Å². The normalized spacial score (nSPS) is 16.1. The quantitative estimate of drug-likeness (QED) is 0.503. The van der Waals surface area contributed by atoms with Crippen LogP contribution in [0, 0.1) is 11.8 Å². The minimum Gasteiger partial charge on any atom is -0.464 e. The smallest absolute Gasteiger partial charge is 0.464 e. The van der Waals surface area contributed by atoms with Gasteiger partial charge in [-0.2, -0.15) is 18.2 Å². The first-order valence-electron chi connectivity index (χ1n) is 10.7. The molecule has 0 N–H and O–H groups in total. The lowest BCUT2D eigenvalue weighted by Gasteiger charge is -2.23. The lowest BCUT2D eigenvalue weighted by molar-refractivity contribution is -0.159. The Morgan fingerprint density at radius 2 is 1.72 bits per heavy atom. The summed E-state index contributed by atoms with van der Waals surface area (Å²) in [6.45, 7) is 0.749. The average molecular weight is 451 g/mol. The number of carbonyl (C=O) groups excluding carboxylic acids is 2. The van der Waals surface area contributed by atoms with Gasteiger partial charge in [-0.25, -0.2) is 0 Å². The van der Waals surface area contributed by atoms with Gasteiger partial charge in [0.25, 0.3) is 0 Å². The summed E-state index contributed by atoms with van der Waals surface area (Å²) in [5.74, 6) is -0.920. The van der Waals surface area contributed by atoms with E-state index in [9.17, 15) is 22.8 Å². The minimum absolute atomic E-state index is 0.00260. The zero-order valence-corrected chi connectivity index (χ0v) is 17.4. The zero-order chi connectivity index (χ0) is 22.7. The van der Waals surface area contributed by atoms with E-state index in [1.165, 1.54) is 0 Å². The largest absolute Gasteiger partial charge is 0.471 e. The van der Waals surface area contributed by atoms with Crippen LogP contribution in [0.3, 0.4) is 0 Å². The Kier molecular flexibility index (Phi) is 6.48. The summed E-state index contributed by atoms with van der Waals surface area (Å²) in [6, 6.07) is 6.57. The zero-order valence-electron chi connectivity index (χ0n) is 17.4. The molecule has 1 amide bonds. The lowest BCUT2D eigenvalue weighted by Crippen LogP contribution is -2.34. The number of hydrogen-bond acceptors (Lipinski definition) is 6. The molecule has 2 aliphatic carbocycles. The van der Waals surface area contributed by atoms with Gasteiger partial charge in [0.05, 0.1) is 6.54 Å². The molecule has 0 bridgehead atoms. The maximum atomic E-state index is 12.7. The van der Waals surface area contributed by atoms with Gasteiger partial charge in [0.1, 0.15) is 6.61 Å². The monoisotopic (exact) mass is 451 g/mol. The van der Waals surface area contributed by atoms with E-state index in [4.69, 9.17) is 4.74 Å². The summed E-state index contributed by atoms with van der Waals surface area (Å²) in [5, 5.41) is 3.37. The van der Waals surface area contributed by atoms with Gasteiger partial charge in [0, 0.05) is 24.9 Å². The molecule has 0 saturated heterocycles. The van der Waals surface area contributed by atoms with Crippen LogP contribution in [0.1, 0.15) is 50.0 Å². The van der Waals surface area contributed by atoms with Gasteiger partial charge < -0.3 is 14.2 Å². The van der Waals surface area contributed by atoms with Gasteiger partial charge in [-0.05, 0) is 43.1 Å². The maximum absolute atomic E-state index is 12.7. The van der Waals surface area contributed by atoms with Crippen LogP contribution in [0.4, 0.5) is 13.2 Å². The molecule has 0 unspecified atom stereocenters. The van der Waals surface area contributed by atoms with Crippen LogP contribution in [-0.4, -0.2) is 40.1 Å². The molecule has 0 aliphatic heterocycles. The van der Waals surface area contributed by atoms with Crippen molar-refractivity contribution >= 4 is 11.9 Å². The molecular formula is C22H24F3N3O4. The average Bonchev–Trinajstić information content (AvgIpc) is 3.67. The Morgan fingerprint density at radius 3 is 2.31 bits per heavy atom. The number of carbonyl (C=O) groups is 2. The highest BCUT2D eigenvalue weighted by Crippen LogP contribution is 2.34. The van der Waals surface area contributed by atoms with Crippen LogP contribution in [0.15, 0.2) is 28.8 Å².